The molecule has 3 atom stereocenters. The Morgan fingerprint density at radius 1 is 1.15 bits per heavy atom. The van der Waals surface area contributed by atoms with Crippen LogP contribution in [0.15, 0.2) is 24.4 Å². The molecule has 11 nitrogen and oxygen atoms in total. The topological polar surface area (TPSA) is 115 Å². The molecule has 2 N–H and O–H groups in total. The Balaban J connectivity index is 1.23. The van der Waals surface area contributed by atoms with Gasteiger partial charge < -0.3 is 24.8 Å². The van der Waals surface area contributed by atoms with Gasteiger partial charge in [-0.15, -0.1) is 5.10 Å². The van der Waals surface area contributed by atoms with Crippen molar-refractivity contribution in [1.82, 2.24) is 34.0 Å². The number of hydrogen-bond donors (Lipinski definition) is 2. The number of alkyl halides is 2. The van der Waals surface area contributed by atoms with Crippen LogP contribution < -0.4 is 10.6 Å². The van der Waals surface area contributed by atoms with Crippen molar-refractivity contribution in [3.63, 3.8) is 0 Å². The molecular weight excluding hydrogens is 508 g/mol. The van der Waals surface area contributed by atoms with Gasteiger partial charge in [-0.25, -0.2) is 28.1 Å². The number of nitrogens with one attached hydrogen (secondary N) is 2. The zero-order valence-electron chi connectivity index (χ0n) is 22.4. The Morgan fingerprint density at radius 3 is 2.56 bits per heavy atom. The number of anilines is 2. The fourth-order valence-corrected chi connectivity index (χ4v) is 5.45. The summed E-state index contributed by atoms with van der Waals surface area (Å²) in [6, 6.07) is 5.68. The number of aryl methyl sites for hydroxylation is 1. The zero-order chi connectivity index (χ0) is 27.6. The summed E-state index contributed by atoms with van der Waals surface area (Å²) in [5.74, 6) is 2.23. The van der Waals surface area contributed by atoms with Gasteiger partial charge in [0.1, 0.15) is 22.5 Å². The van der Waals surface area contributed by atoms with E-state index in [1.54, 1.807) is 29.5 Å². The van der Waals surface area contributed by atoms with Gasteiger partial charge in [-0.05, 0) is 45.9 Å². The molecular formula is C26H31F2N9O2. The standard InChI is InChI=1S/C26H31F2N9O2/c1-13-30-18-7-6-17(31-23(18)36(13)12-19(27)28)14-8-9-37-21(14)22(29-5)33-24(34-37)32-20-15-10-35(11-16(15)20)25(38)39-26(2,3)4/h6-9,15-16,19-20H,10-12H2,1-5H3,(H2,29,32,33,34)/t15-,16+,20?. The van der Waals surface area contributed by atoms with E-state index in [9.17, 15) is 13.6 Å². The van der Waals surface area contributed by atoms with E-state index in [1.165, 1.54) is 4.57 Å². The lowest BCUT2D eigenvalue weighted by molar-refractivity contribution is 0.0272. The molecule has 2 fully saturated rings. The fourth-order valence-electron chi connectivity index (χ4n) is 5.45. The highest BCUT2D eigenvalue weighted by molar-refractivity contribution is 5.89. The van der Waals surface area contributed by atoms with Gasteiger partial charge in [-0.1, -0.05) is 0 Å². The van der Waals surface area contributed by atoms with Gasteiger partial charge in [0.2, 0.25) is 5.95 Å². The first-order valence-corrected chi connectivity index (χ1v) is 13.0. The van der Waals surface area contributed by atoms with Crippen molar-refractivity contribution < 1.29 is 18.3 Å². The molecule has 5 heterocycles. The van der Waals surface area contributed by atoms with E-state index < -0.39 is 18.6 Å². The monoisotopic (exact) mass is 539 g/mol. The third kappa shape index (κ3) is 4.59. The van der Waals surface area contributed by atoms with Crippen molar-refractivity contribution in [2.75, 3.05) is 30.8 Å². The number of piperidine rings is 1. The Kier molecular flexibility index (Phi) is 5.84. The maximum absolute atomic E-state index is 13.2. The van der Waals surface area contributed by atoms with Gasteiger partial charge in [0.05, 0.1) is 12.2 Å². The molecule has 4 aromatic heterocycles. The predicted molar refractivity (Wildman–Crippen MR) is 142 cm³/mol. The molecule has 1 aliphatic carbocycles. The van der Waals surface area contributed by atoms with Crippen LogP contribution in [0.1, 0.15) is 26.6 Å². The molecule has 0 aromatic carbocycles. The van der Waals surface area contributed by atoms with Crippen LogP contribution in [-0.2, 0) is 11.3 Å². The summed E-state index contributed by atoms with van der Waals surface area (Å²) in [5.41, 5.74) is 2.56. The molecule has 1 amide bonds. The van der Waals surface area contributed by atoms with Crippen LogP contribution >= 0.6 is 0 Å². The van der Waals surface area contributed by atoms with Crippen molar-refractivity contribution in [2.45, 2.75) is 52.3 Å². The van der Waals surface area contributed by atoms with Crippen LogP contribution in [0.5, 0.6) is 0 Å². The van der Waals surface area contributed by atoms with Crippen molar-refractivity contribution in [3.05, 3.63) is 30.2 Å². The van der Waals surface area contributed by atoms with E-state index >= 15 is 0 Å². The number of hydrogen-bond acceptors (Lipinski definition) is 8. The minimum atomic E-state index is -2.51. The lowest BCUT2D eigenvalue weighted by Gasteiger charge is -2.26. The first kappa shape index (κ1) is 25.3. The second kappa shape index (κ2) is 9.02. The molecule has 1 aliphatic heterocycles. The summed E-state index contributed by atoms with van der Waals surface area (Å²) >= 11 is 0. The van der Waals surface area contributed by atoms with E-state index in [-0.39, 0.29) is 12.1 Å². The molecule has 1 unspecified atom stereocenters. The molecule has 0 spiro atoms. The van der Waals surface area contributed by atoms with Crippen LogP contribution in [0.3, 0.4) is 0 Å². The summed E-state index contributed by atoms with van der Waals surface area (Å²) < 4.78 is 35.0. The largest absolute Gasteiger partial charge is 0.444 e. The number of amides is 1. The highest BCUT2D eigenvalue weighted by atomic mass is 19.3. The molecule has 1 saturated heterocycles. The van der Waals surface area contributed by atoms with Gasteiger partial charge >= 0.3 is 6.09 Å². The number of rotatable bonds is 6. The Hall–Kier alpha value is -4.03. The van der Waals surface area contributed by atoms with Crippen LogP contribution in [0.4, 0.5) is 25.3 Å². The summed E-state index contributed by atoms with van der Waals surface area (Å²) in [7, 11) is 1.78. The van der Waals surface area contributed by atoms with E-state index in [0.29, 0.717) is 59.4 Å². The molecule has 1 saturated carbocycles. The number of aromatic nitrogens is 6. The zero-order valence-corrected chi connectivity index (χ0v) is 22.4. The smallest absolute Gasteiger partial charge is 0.410 e. The van der Waals surface area contributed by atoms with Gasteiger partial charge in [-0.2, -0.15) is 4.98 Å². The minimum absolute atomic E-state index is 0.184. The van der Waals surface area contributed by atoms with Crippen molar-refractivity contribution in [2.24, 2.45) is 11.8 Å². The summed E-state index contributed by atoms with van der Waals surface area (Å²) in [4.78, 5) is 27.9. The molecule has 13 heteroatoms. The van der Waals surface area contributed by atoms with E-state index in [2.05, 4.69) is 20.7 Å². The number of ether oxygens (including phenoxy) is 1. The number of carbonyl (C=O) groups excluding carboxylic acids is 1. The highest BCUT2D eigenvalue weighted by Crippen LogP contribution is 2.47. The van der Waals surface area contributed by atoms with Crippen molar-refractivity contribution in [1.29, 1.82) is 0 Å². The number of halogens is 2. The Morgan fingerprint density at radius 2 is 1.90 bits per heavy atom. The number of nitrogens with zero attached hydrogens (tertiary/aromatic N) is 7. The average Bonchev–Trinajstić information content (AvgIpc) is 3.24. The quantitative estimate of drug-likeness (QED) is 0.378. The molecule has 2 aliphatic rings. The van der Waals surface area contributed by atoms with E-state index in [4.69, 9.17) is 14.7 Å². The predicted octanol–water partition coefficient (Wildman–Crippen LogP) is 4.03. The van der Waals surface area contributed by atoms with Gasteiger partial charge in [-0.3, -0.25) is 0 Å². The highest BCUT2D eigenvalue weighted by Gasteiger charge is 2.57. The maximum Gasteiger partial charge on any atom is 0.410 e. The summed E-state index contributed by atoms with van der Waals surface area (Å²) in [5, 5.41) is 11.2. The minimum Gasteiger partial charge on any atom is -0.444 e. The second-order valence-corrected chi connectivity index (χ2v) is 11.1. The normalized spacial score (nSPS) is 20.6. The fraction of sp³-hybridized carbons (Fsp3) is 0.500. The van der Waals surface area contributed by atoms with Crippen LogP contribution in [-0.4, -0.2) is 78.3 Å². The van der Waals surface area contributed by atoms with Crippen LogP contribution in [0.25, 0.3) is 27.9 Å². The first-order chi connectivity index (χ1) is 18.5. The van der Waals surface area contributed by atoms with Crippen molar-refractivity contribution in [3.8, 4) is 11.3 Å². The third-order valence-corrected chi connectivity index (χ3v) is 7.27. The Bertz CT molecular complexity index is 1560. The molecule has 206 valence electrons. The molecule has 4 aromatic rings. The van der Waals surface area contributed by atoms with Crippen LogP contribution in [0.2, 0.25) is 0 Å². The third-order valence-electron chi connectivity index (χ3n) is 7.27. The van der Waals surface area contributed by atoms with Gasteiger partial charge in [0.15, 0.2) is 11.5 Å². The lowest BCUT2D eigenvalue weighted by Crippen LogP contribution is -2.38. The number of fused-ring (bicyclic) bond motifs is 3. The number of pyridine rings is 1. The summed E-state index contributed by atoms with van der Waals surface area (Å²) in [6.07, 6.45) is -0.963. The van der Waals surface area contributed by atoms with Gasteiger partial charge in [0.25, 0.3) is 6.43 Å². The lowest BCUT2D eigenvalue weighted by atomic mass is 10.2. The molecule has 6 rings (SSSR count). The second-order valence-electron chi connectivity index (χ2n) is 11.1. The van der Waals surface area contributed by atoms with E-state index in [0.717, 1.165) is 11.1 Å². The average molecular weight is 540 g/mol. The van der Waals surface area contributed by atoms with E-state index in [1.807, 2.05) is 39.1 Å². The van der Waals surface area contributed by atoms with Crippen LogP contribution in [0, 0.1) is 18.8 Å². The molecule has 0 bridgehead atoms. The molecule has 39 heavy (non-hydrogen) atoms. The number of likely N-dealkylation sites (tertiary alicyclic amines) is 1. The Labute approximate surface area is 223 Å². The van der Waals surface area contributed by atoms with Crippen molar-refractivity contribution >= 4 is 34.5 Å². The molecule has 0 radical (unpaired) electrons. The number of carbonyl (C=O) groups is 1. The first-order valence-electron chi connectivity index (χ1n) is 13.0. The summed E-state index contributed by atoms with van der Waals surface area (Å²) in [6.45, 7) is 8.11. The maximum atomic E-state index is 13.2. The van der Waals surface area contributed by atoms with Gasteiger partial charge in [0, 0.05) is 49.8 Å². The SMILES string of the molecule is CNc1nc(NC2[C@H]3CN(C(=O)OC(C)(C)C)C[C@@H]23)nn2ccc(-c3ccc4nc(C)n(CC(F)F)c4n3)c12. The number of imidazole rings is 1.